The third-order valence-corrected chi connectivity index (χ3v) is 8.31. The predicted molar refractivity (Wildman–Crippen MR) is 145 cm³/mol. The lowest BCUT2D eigenvalue weighted by Gasteiger charge is -2.33. The lowest BCUT2D eigenvalue weighted by atomic mass is 10.1. The van der Waals surface area contributed by atoms with Crippen LogP contribution in [0.15, 0.2) is 59.5 Å². The second kappa shape index (κ2) is 9.18. The number of nitrogens with one attached hydrogen (secondary N) is 1. The number of methoxy groups -OCH3 is 2. The van der Waals surface area contributed by atoms with Gasteiger partial charge in [-0.2, -0.15) is 0 Å². The summed E-state index contributed by atoms with van der Waals surface area (Å²) in [5.74, 6) is 4.31. The smallest absolute Gasteiger partial charge is 0.229 e. The number of fused-ring (bicyclic) bond motifs is 2. The zero-order valence-electron chi connectivity index (χ0n) is 22.0. The third kappa shape index (κ3) is 4.22. The molecule has 0 atom stereocenters. The fraction of sp³-hybridized carbons (Fsp3) is 0.367. The topological polar surface area (TPSA) is 98.9 Å². The summed E-state index contributed by atoms with van der Waals surface area (Å²) < 4.78 is 23.3. The minimum absolute atomic E-state index is 0.00165. The number of piperidine rings is 1. The number of anilines is 2. The summed E-state index contributed by atoms with van der Waals surface area (Å²) >= 11 is 0. The van der Waals surface area contributed by atoms with Gasteiger partial charge in [0.2, 0.25) is 5.91 Å². The number of hydrogen-bond donors (Lipinski definition) is 1. The lowest BCUT2D eigenvalue weighted by molar-refractivity contribution is -0.136. The summed E-state index contributed by atoms with van der Waals surface area (Å²) in [5.41, 5.74) is 2.41. The molecule has 0 unspecified atom stereocenters. The zero-order chi connectivity index (χ0) is 26.6. The molecule has 2 aromatic carbocycles. The molecule has 1 N–H and O–H groups in total. The van der Waals surface area contributed by atoms with Crippen molar-refractivity contribution in [3.8, 4) is 28.6 Å². The molecule has 39 heavy (non-hydrogen) atoms. The van der Waals surface area contributed by atoms with E-state index >= 15 is 0 Å². The molecule has 2 aliphatic carbocycles. The van der Waals surface area contributed by atoms with Crippen molar-refractivity contribution < 1.29 is 23.4 Å². The van der Waals surface area contributed by atoms with Gasteiger partial charge in [-0.05, 0) is 55.2 Å². The Morgan fingerprint density at radius 3 is 2.51 bits per heavy atom. The molecular weight excluding hydrogens is 496 g/mol. The quantitative estimate of drug-likeness (QED) is 0.325. The van der Waals surface area contributed by atoms with E-state index in [1.54, 1.807) is 20.5 Å². The number of rotatable bonds is 8. The Bertz CT molecular complexity index is 1540. The Morgan fingerprint density at radius 1 is 1.03 bits per heavy atom. The number of ether oxygens (including phenoxy) is 3. The van der Waals surface area contributed by atoms with Crippen LogP contribution < -0.4 is 19.5 Å². The van der Waals surface area contributed by atoms with Crippen molar-refractivity contribution in [3.05, 3.63) is 55.1 Å². The van der Waals surface area contributed by atoms with Crippen molar-refractivity contribution in [2.45, 2.75) is 31.8 Å². The Hall–Kier alpha value is -4.27. The molecule has 0 bridgehead atoms. The number of likely N-dealkylation sites (tertiary alicyclic amines) is 1. The first-order valence-corrected chi connectivity index (χ1v) is 13.4. The van der Waals surface area contributed by atoms with E-state index in [1.807, 2.05) is 47.4 Å². The molecule has 3 fully saturated rings. The Kier molecular flexibility index (Phi) is 5.61. The summed E-state index contributed by atoms with van der Waals surface area (Å²) in [6.07, 6.45) is 6.93. The van der Waals surface area contributed by atoms with E-state index in [0.717, 1.165) is 66.7 Å². The molecule has 0 spiro atoms. The van der Waals surface area contributed by atoms with Crippen LogP contribution in [0.5, 0.6) is 17.2 Å². The zero-order valence-corrected chi connectivity index (χ0v) is 22.0. The molecule has 1 aliphatic heterocycles. The molecule has 0 radical (unpaired) electrons. The van der Waals surface area contributed by atoms with Crippen LogP contribution in [0.4, 0.5) is 11.5 Å². The molecule has 2 aromatic heterocycles. The predicted octanol–water partition coefficient (Wildman–Crippen LogP) is 5.43. The number of benzene rings is 2. The average Bonchev–Trinajstić information content (AvgIpc) is 3.77. The highest BCUT2D eigenvalue weighted by molar-refractivity contribution is 5.94. The minimum Gasteiger partial charge on any atom is -0.495 e. The van der Waals surface area contributed by atoms with Crippen molar-refractivity contribution in [2.24, 2.45) is 11.3 Å². The first kappa shape index (κ1) is 23.8. The molecule has 3 aliphatic rings. The van der Waals surface area contributed by atoms with Gasteiger partial charge in [0.15, 0.2) is 11.5 Å². The van der Waals surface area contributed by atoms with Crippen molar-refractivity contribution >= 4 is 28.3 Å². The van der Waals surface area contributed by atoms with Gasteiger partial charge in [0.05, 0.1) is 37.1 Å². The highest BCUT2D eigenvalue weighted by atomic mass is 16.5. The van der Waals surface area contributed by atoms with Crippen LogP contribution in [-0.4, -0.2) is 54.2 Å². The molecule has 2 saturated carbocycles. The van der Waals surface area contributed by atoms with Gasteiger partial charge in [0, 0.05) is 42.9 Å². The first-order chi connectivity index (χ1) is 19.1. The molecule has 200 valence electrons. The van der Waals surface area contributed by atoms with E-state index in [-0.39, 0.29) is 11.5 Å². The number of carbonyl (C=O) groups excluding carboxylic acids is 1. The largest absolute Gasteiger partial charge is 0.495 e. The van der Waals surface area contributed by atoms with Crippen LogP contribution in [0.2, 0.25) is 0 Å². The molecule has 1 amide bonds. The third-order valence-electron chi connectivity index (χ3n) is 8.31. The first-order valence-electron chi connectivity index (χ1n) is 13.4. The van der Waals surface area contributed by atoms with Crippen LogP contribution in [0, 0.1) is 11.3 Å². The van der Waals surface area contributed by atoms with E-state index in [0.29, 0.717) is 34.9 Å². The summed E-state index contributed by atoms with van der Waals surface area (Å²) in [5, 5.41) is 4.21. The Labute approximate surface area is 226 Å². The van der Waals surface area contributed by atoms with Gasteiger partial charge in [-0.3, -0.25) is 4.79 Å². The van der Waals surface area contributed by atoms with E-state index in [9.17, 15) is 4.79 Å². The van der Waals surface area contributed by atoms with Gasteiger partial charge in [-0.1, -0.05) is 0 Å². The van der Waals surface area contributed by atoms with E-state index in [4.69, 9.17) is 18.6 Å². The van der Waals surface area contributed by atoms with Crippen molar-refractivity contribution in [1.29, 1.82) is 0 Å². The number of furan rings is 1. The number of amides is 1. The maximum Gasteiger partial charge on any atom is 0.229 e. The van der Waals surface area contributed by atoms with E-state index < -0.39 is 0 Å². The summed E-state index contributed by atoms with van der Waals surface area (Å²) in [7, 11) is 3.26. The van der Waals surface area contributed by atoms with Gasteiger partial charge >= 0.3 is 0 Å². The van der Waals surface area contributed by atoms with Gasteiger partial charge in [0.1, 0.15) is 29.8 Å². The van der Waals surface area contributed by atoms with Crippen LogP contribution in [0.1, 0.15) is 25.7 Å². The standard InChI is InChI=1S/C30H30N4O5/c1-36-25-6-5-18(24-4-3-11-38-24)12-23(25)33-28-21-13-27(26(37-2)14-22(21)31-17-32-28)39-20-7-9-34(10-8-20)29(35)30-15-19(30)16-30/h3-6,11-14,17,19-20H,7-10,15-16H2,1-2H3,(H,31,32,33). The highest BCUT2D eigenvalue weighted by Gasteiger charge is 2.75. The normalized spacial score (nSPS) is 21.8. The minimum atomic E-state index is -0.00165. The van der Waals surface area contributed by atoms with Crippen LogP contribution in [0.25, 0.3) is 22.2 Å². The fourth-order valence-corrected chi connectivity index (χ4v) is 5.67. The van der Waals surface area contributed by atoms with Gasteiger partial charge in [-0.25, -0.2) is 9.97 Å². The second-order valence-corrected chi connectivity index (χ2v) is 10.6. The summed E-state index contributed by atoms with van der Waals surface area (Å²) in [6, 6.07) is 13.4. The molecule has 1 saturated heterocycles. The molecule has 9 nitrogen and oxygen atoms in total. The van der Waals surface area contributed by atoms with Crippen molar-refractivity contribution in [1.82, 2.24) is 14.9 Å². The molecule has 4 aromatic rings. The van der Waals surface area contributed by atoms with Crippen LogP contribution in [-0.2, 0) is 4.79 Å². The molecule has 9 heteroatoms. The van der Waals surface area contributed by atoms with Crippen molar-refractivity contribution in [3.63, 3.8) is 0 Å². The Balaban J connectivity index is 1.14. The van der Waals surface area contributed by atoms with Crippen molar-refractivity contribution in [2.75, 3.05) is 32.6 Å². The molecular formula is C30H30N4O5. The number of nitrogens with zero attached hydrogens (tertiary/aromatic N) is 3. The van der Waals surface area contributed by atoms with Crippen LogP contribution in [0.3, 0.4) is 0 Å². The molecule has 3 heterocycles. The van der Waals surface area contributed by atoms with E-state index in [2.05, 4.69) is 15.3 Å². The van der Waals surface area contributed by atoms with Gasteiger partial charge in [0.25, 0.3) is 0 Å². The maximum atomic E-state index is 12.8. The SMILES string of the molecule is COc1ccc(-c2ccco2)cc1Nc1ncnc2cc(OC)c(OC3CCN(C(=O)C45CC4C5)CC3)cc12. The second-order valence-electron chi connectivity index (χ2n) is 10.6. The van der Waals surface area contributed by atoms with Gasteiger partial charge in [-0.15, -0.1) is 0 Å². The number of aromatic nitrogens is 2. The summed E-state index contributed by atoms with van der Waals surface area (Å²) in [6.45, 7) is 1.46. The Morgan fingerprint density at radius 2 is 1.82 bits per heavy atom. The number of carbonyl (C=O) groups is 1. The van der Waals surface area contributed by atoms with E-state index in [1.165, 1.54) is 6.33 Å². The number of hydrogen-bond acceptors (Lipinski definition) is 8. The highest BCUT2D eigenvalue weighted by Crippen LogP contribution is 2.76. The average molecular weight is 527 g/mol. The maximum absolute atomic E-state index is 12.8. The summed E-state index contributed by atoms with van der Waals surface area (Å²) in [4.78, 5) is 23.8. The molecule has 7 rings (SSSR count). The van der Waals surface area contributed by atoms with Crippen LogP contribution >= 0.6 is 0 Å². The monoisotopic (exact) mass is 526 g/mol. The van der Waals surface area contributed by atoms with Gasteiger partial charge < -0.3 is 28.8 Å². The fourth-order valence-electron chi connectivity index (χ4n) is 5.67. The lowest BCUT2D eigenvalue weighted by Crippen LogP contribution is -2.43.